The lowest BCUT2D eigenvalue weighted by atomic mass is 10.1. The SMILES string of the molecule is Cc1ccc(CNCC2COc3ccccc3O2)cc1Cl. The maximum atomic E-state index is 6.13. The van der Waals surface area contributed by atoms with E-state index in [0.29, 0.717) is 6.61 Å². The van der Waals surface area contributed by atoms with Crippen LogP contribution in [0.3, 0.4) is 0 Å². The highest BCUT2D eigenvalue weighted by atomic mass is 35.5. The smallest absolute Gasteiger partial charge is 0.161 e. The zero-order valence-electron chi connectivity index (χ0n) is 11.9. The lowest BCUT2D eigenvalue weighted by Crippen LogP contribution is -2.38. The van der Waals surface area contributed by atoms with Gasteiger partial charge in [-0.05, 0) is 36.2 Å². The van der Waals surface area contributed by atoms with Crippen LogP contribution in [0.25, 0.3) is 0 Å². The van der Waals surface area contributed by atoms with Gasteiger partial charge in [0.25, 0.3) is 0 Å². The molecule has 3 rings (SSSR count). The van der Waals surface area contributed by atoms with Crippen molar-refractivity contribution in [3.8, 4) is 11.5 Å². The van der Waals surface area contributed by atoms with Gasteiger partial charge in [0.2, 0.25) is 0 Å². The van der Waals surface area contributed by atoms with Gasteiger partial charge in [-0.15, -0.1) is 0 Å². The molecule has 0 saturated heterocycles. The average molecular weight is 304 g/mol. The first-order valence-electron chi connectivity index (χ1n) is 7.06. The van der Waals surface area contributed by atoms with Gasteiger partial charge in [-0.3, -0.25) is 0 Å². The molecule has 0 spiro atoms. The predicted molar refractivity (Wildman–Crippen MR) is 84.2 cm³/mol. The Bertz CT molecular complexity index is 630. The molecule has 0 aliphatic carbocycles. The number of benzene rings is 2. The summed E-state index contributed by atoms with van der Waals surface area (Å²) in [7, 11) is 0. The highest BCUT2D eigenvalue weighted by Gasteiger charge is 2.19. The summed E-state index contributed by atoms with van der Waals surface area (Å²) in [6.07, 6.45) is 0.0285. The Kier molecular flexibility index (Phi) is 4.32. The molecule has 0 aromatic heterocycles. The van der Waals surface area contributed by atoms with Crippen LogP contribution in [0.1, 0.15) is 11.1 Å². The normalized spacial score (nSPS) is 16.8. The van der Waals surface area contributed by atoms with Crippen LogP contribution >= 0.6 is 11.6 Å². The second-order valence-electron chi connectivity index (χ2n) is 5.21. The van der Waals surface area contributed by atoms with Crippen LogP contribution in [0.2, 0.25) is 5.02 Å². The molecule has 1 atom stereocenters. The van der Waals surface area contributed by atoms with Crippen LogP contribution in [0, 0.1) is 6.92 Å². The molecule has 110 valence electrons. The van der Waals surface area contributed by atoms with E-state index in [1.54, 1.807) is 0 Å². The quantitative estimate of drug-likeness (QED) is 0.936. The molecule has 1 unspecified atom stereocenters. The van der Waals surface area contributed by atoms with Crippen molar-refractivity contribution < 1.29 is 9.47 Å². The summed E-state index contributed by atoms with van der Waals surface area (Å²) >= 11 is 6.13. The Morgan fingerprint density at radius 1 is 1.19 bits per heavy atom. The fourth-order valence-corrected chi connectivity index (χ4v) is 2.49. The van der Waals surface area contributed by atoms with E-state index in [4.69, 9.17) is 21.1 Å². The topological polar surface area (TPSA) is 30.5 Å². The van der Waals surface area contributed by atoms with E-state index in [9.17, 15) is 0 Å². The van der Waals surface area contributed by atoms with E-state index in [2.05, 4.69) is 11.4 Å². The number of para-hydroxylation sites is 2. The van der Waals surface area contributed by atoms with Crippen LogP contribution in [0.5, 0.6) is 11.5 Å². The minimum Gasteiger partial charge on any atom is -0.486 e. The average Bonchev–Trinajstić information content (AvgIpc) is 2.51. The summed E-state index contributed by atoms with van der Waals surface area (Å²) in [6, 6.07) is 13.9. The Balaban J connectivity index is 1.51. The van der Waals surface area contributed by atoms with Crippen LogP contribution in [-0.2, 0) is 6.54 Å². The molecule has 0 bridgehead atoms. The lowest BCUT2D eigenvalue weighted by molar-refractivity contribution is 0.0902. The number of nitrogens with one attached hydrogen (secondary N) is 1. The fourth-order valence-electron chi connectivity index (χ4n) is 2.29. The van der Waals surface area contributed by atoms with Gasteiger partial charge in [-0.25, -0.2) is 0 Å². The number of ether oxygens (including phenoxy) is 2. The van der Waals surface area contributed by atoms with E-state index in [1.165, 1.54) is 5.56 Å². The van der Waals surface area contributed by atoms with Crippen molar-refractivity contribution in [3.05, 3.63) is 58.6 Å². The predicted octanol–water partition coefficient (Wildman–Crippen LogP) is 3.58. The van der Waals surface area contributed by atoms with Crippen LogP contribution < -0.4 is 14.8 Å². The lowest BCUT2D eigenvalue weighted by Gasteiger charge is -2.26. The molecule has 0 amide bonds. The second-order valence-corrected chi connectivity index (χ2v) is 5.62. The highest BCUT2D eigenvalue weighted by molar-refractivity contribution is 6.31. The first kappa shape index (κ1) is 14.2. The van der Waals surface area contributed by atoms with Gasteiger partial charge in [-0.2, -0.15) is 0 Å². The largest absolute Gasteiger partial charge is 0.486 e. The third kappa shape index (κ3) is 3.49. The molecule has 3 nitrogen and oxygen atoms in total. The zero-order chi connectivity index (χ0) is 14.7. The van der Waals surface area contributed by atoms with Crippen molar-refractivity contribution in [2.75, 3.05) is 13.2 Å². The summed E-state index contributed by atoms with van der Waals surface area (Å²) in [4.78, 5) is 0. The van der Waals surface area contributed by atoms with Gasteiger partial charge >= 0.3 is 0 Å². The minimum absolute atomic E-state index is 0.0285. The van der Waals surface area contributed by atoms with Gasteiger partial charge in [-0.1, -0.05) is 35.9 Å². The maximum Gasteiger partial charge on any atom is 0.161 e. The third-order valence-electron chi connectivity index (χ3n) is 3.50. The fraction of sp³-hybridized carbons (Fsp3) is 0.294. The monoisotopic (exact) mass is 303 g/mol. The summed E-state index contributed by atoms with van der Waals surface area (Å²) < 4.78 is 11.6. The standard InChI is InChI=1S/C17H18ClNO2/c1-12-6-7-13(8-15(12)18)9-19-10-14-11-20-16-4-2-3-5-17(16)21-14/h2-8,14,19H,9-11H2,1H3. The molecule has 0 saturated carbocycles. The van der Waals surface area contributed by atoms with Crippen molar-refractivity contribution in [2.24, 2.45) is 0 Å². The van der Waals surface area contributed by atoms with Crippen molar-refractivity contribution in [1.82, 2.24) is 5.32 Å². The number of hydrogen-bond acceptors (Lipinski definition) is 3. The first-order valence-corrected chi connectivity index (χ1v) is 7.44. The molecular formula is C17H18ClNO2. The minimum atomic E-state index is 0.0285. The summed E-state index contributed by atoms with van der Waals surface area (Å²) in [5, 5.41) is 4.19. The maximum absolute atomic E-state index is 6.13. The Morgan fingerprint density at radius 3 is 2.81 bits per heavy atom. The molecule has 1 N–H and O–H groups in total. The second kappa shape index (κ2) is 6.37. The van der Waals surface area contributed by atoms with Crippen molar-refractivity contribution >= 4 is 11.6 Å². The Labute approximate surface area is 129 Å². The molecule has 1 heterocycles. The number of fused-ring (bicyclic) bond motifs is 1. The van der Waals surface area contributed by atoms with Gasteiger partial charge in [0, 0.05) is 18.1 Å². The van der Waals surface area contributed by atoms with Gasteiger partial charge in [0.05, 0.1) is 0 Å². The summed E-state index contributed by atoms with van der Waals surface area (Å²) in [5.41, 5.74) is 2.27. The van der Waals surface area contributed by atoms with Crippen molar-refractivity contribution in [1.29, 1.82) is 0 Å². The van der Waals surface area contributed by atoms with Crippen LogP contribution in [-0.4, -0.2) is 19.3 Å². The number of rotatable bonds is 4. The summed E-state index contributed by atoms with van der Waals surface area (Å²) in [5.74, 6) is 1.63. The molecular weight excluding hydrogens is 286 g/mol. The van der Waals surface area contributed by atoms with E-state index in [1.807, 2.05) is 43.3 Å². The molecule has 4 heteroatoms. The number of halogens is 1. The molecule has 0 fully saturated rings. The highest BCUT2D eigenvalue weighted by Crippen LogP contribution is 2.30. The van der Waals surface area contributed by atoms with Crippen molar-refractivity contribution in [2.45, 2.75) is 19.6 Å². The Hall–Kier alpha value is -1.71. The van der Waals surface area contributed by atoms with Crippen LogP contribution in [0.15, 0.2) is 42.5 Å². The molecule has 2 aromatic carbocycles. The molecule has 21 heavy (non-hydrogen) atoms. The van der Waals surface area contributed by atoms with E-state index in [0.717, 1.165) is 35.2 Å². The van der Waals surface area contributed by atoms with Gasteiger partial charge in [0.1, 0.15) is 12.7 Å². The molecule has 0 radical (unpaired) electrons. The van der Waals surface area contributed by atoms with E-state index in [-0.39, 0.29) is 6.10 Å². The Morgan fingerprint density at radius 2 is 2.00 bits per heavy atom. The van der Waals surface area contributed by atoms with Gasteiger partial charge in [0.15, 0.2) is 11.5 Å². The van der Waals surface area contributed by atoms with E-state index < -0.39 is 0 Å². The van der Waals surface area contributed by atoms with E-state index >= 15 is 0 Å². The molecule has 1 aliphatic rings. The number of hydrogen-bond donors (Lipinski definition) is 1. The van der Waals surface area contributed by atoms with Crippen LogP contribution in [0.4, 0.5) is 0 Å². The molecule has 1 aliphatic heterocycles. The van der Waals surface area contributed by atoms with Crippen molar-refractivity contribution in [3.63, 3.8) is 0 Å². The van der Waals surface area contributed by atoms with Gasteiger partial charge < -0.3 is 14.8 Å². The molecule has 2 aromatic rings. The number of aryl methyl sites for hydroxylation is 1. The zero-order valence-corrected chi connectivity index (χ0v) is 12.7. The first-order chi connectivity index (χ1) is 10.2. The third-order valence-corrected chi connectivity index (χ3v) is 3.91. The summed E-state index contributed by atoms with van der Waals surface area (Å²) in [6.45, 7) is 4.07.